The summed E-state index contributed by atoms with van der Waals surface area (Å²) in [7, 11) is 0. The second-order valence-electron chi connectivity index (χ2n) is 8.09. The number of hydrogen-bond acceptors (Lipinski definition) is 2. The van der Waals surface area contributed by atoms with E-state index in [1.54, 1.807) is 6.08 Å². The Hall–Kier alpha value is -1.35. The smallest absolute Gasteiger partial charge is 0.303 e. The van der Waals surface area contributed by atoms with E-state index >= 15 is 0 Å². The number of aliphatic carboxylic acids is 1. The van der Waals surface area contributed by atoms with Crippen LogP contribution in [0.1, 0.15) is 116 Å². The minimum atomic E-state index is -0.676. The summed E-state index contributed by atoms with van der Waals surface area (Å²) >= 11 is 0. The third-order valence-electron chi connectivity index (χ3n) is 5.26. The molecule has 0 aromatic rings. The van der Waals surface area contributed by atoms with Crippen molar-refractivity contribution in [1.82, 2.24) is 0 Å². The number of hydrogen-bond donors (Lipinski definition) is 2. The first-order valence-corrected chi connectivity index (χ1v) is 12.0. The summed E-state index contributed by atoms with van der Waals surface area (Å²) in [4.78, 5) is 10.4. The molecule has 0 aliphatic rings. The number of carboxylic acid groups (broad SMARTS) is 1. The Bertz CT molecular complexity index is 426. The molecule has 0 fully saturated rings. The number of unbranched alkanes of at least 4 members (excludes halogenated alkanes) is 13. The van der Waals surface area contributed by atoms with Gasteiger partial charge < -0.3 is 10.2 Å². The first kappa shape index (κ1) is 27.6. The Kier molecular flexibility index (Phi) is 21.9. The lowest BCUT2D eigenvalue weighted by Crippen LogP contribution is -2.00. The third-order valence-corrected chi connectivity index (χ3v) is 5.26. The standard InChI is InChI=1S/C26H46O3/c1-2-25(27)23-21-19-17-15-13-11-9-7-5-3-4-6-8-10-12-14-16-18-20-22-24-26(28)29/h2-4,8,10,25,27H,1,5-7,9,11-24H2,(H,28,29). The monoisotopic (exact) mass is 406 g/mol. The highest BCUT2D eigenvalue weighted by atomic mass is 16.4. The van der Waals surface area contributed by atoms with Gasteiger partial charge in [0.25, 0.3) is 0 Å². The molecule has 29 heavy (non-hydrogen) atoms. The summed E-state index contributed by atoms with van der Waals surface area (Å²) in [6.07, 6.45) is 30.7. The summed E-state index contributed by atoms with van der Waals surface area (Å²) in [6.45, 7) is 3.60. The highest BCUT2D eigenvalue weighted by molar-refractivity contribution is 5.66. The van der Waals surface area contributed by atoms with E-state index in [1.165, 1.54) is 64.2 Å². The highest BCUT2D eigenvalue weighted by Crippen LogP contribution is 2.12. The molecule has 0 amide bonds. The van der Waals surface area contributed by atoms with Crippen molar-refractivity contribution in [2.24, 2.45) is 0 Å². The van der Waals surface area contributed by atoms with Gasteiger partial charge in [-0.15, -0.1) is 6.58 Å². The fourth-order valence-corrected chi connectivity index (χ4v) is 3.37. The van der Waals surface area contributed by atoms with Crippen molar-refractivity contribution in [3.05, 3.63) is 37.0 Å². The van der Waals surface area contributed by atoms with E-state index in [4.69, 9.17) is 5.11 Å². The fraction of sp³-hybridized carbons (Fsp3) is 0.731. The zero-order chi connectivity index (χ0) is 21.4. The number of aliphatic hydroxyl groups excluding tert-OH is 1. The van der Waals surface area contributed by atoms with Crippen molar-refractivity contribution in [2.75, 3.05) is 0 Å². The van der Waals surface area contributed by atoms with Gasteiger partial charge in [0, 0.05) is 6.42 Å². The van der Waals surface area contributed by atoms with Crippen LogP contribution >= 0.6 is 0 Å². The van der Waals surface area contributed by atoms with E-state index in [-0.39, 0.29) is 6.10 Å². The molecule has 0 bridgehead atoms. The SMILES string of the molecule is C=CC(O)CCCCCCCCCCC=CCC=CCCCCCCCC(=O)O. The summed E-state index contributed by atoms with van der Waals surface area (Å²) in [5.41, 5.74) is 0. The van der Waals surface area contributed by atoms with Gasteiger partial charge in [0.05, 0.1) is 6.10 Å². The van der Waals surface area contributed by atoms with Gasteiger partial charge in [0.1, 0.15) is 0 Å². The van der Waals surface area contributed by atoms with Crippen LogP contribution in [0.2, 0.25) is 0 Å². The third kappa shape index (κ3) is 24.6. The lowest BCUT2D eigenvalue weighted by Gasteiger charge is -2.04. The number of aliphatic hydroxyl groups is 1. The summed E-state index contributed by atoms with van der Waals surface area (Å²) < 4.78 is 0. The second kappa shape index (κ2) is 22.9. The fourth-order valence-electron chi connectivity index (χ4n) is 3.37. The molecule has 1 atom stereocenters. The first-order chi connectivity index (χ1) is 14.2. The van der Waals surface area contributed by atoms with Gasteiger partial charge >= 0.3 is 5.97 Å². The van der Waals surface area contributed by atoms with Gasteiger partial charge in [-0.2, -0.15) is 0 Å². The minimum Gasteiger partial charge on any atom is -0.481 e. The first-order valence-electron chi connectivity index (χ1n) is 12.0. The van der Waals surface area contributed by atoms with E-state index in [2.05, 4.69) is 30.9 Å². The van der Waals surface area contributed by atoms with E-state index in [0.717, 1.165) is 44.9 Å². The molecule has 0 heterocycles. The number of rotatable bonds is 22. The Morgan fingerprint density at radius 1 is 0.690 bits per heavy atom. The van der Waals surface area contributed by atoms with Gasteiger partial charge in [-0.25, -0.2) is 0 Å². The van der Waals surface area contributed by atoms with E-state index in [1.807, 2.05) is 0 Å². The van der Waals surface area contributed by atoms with Gasteiger partial charge in [0.2, 0.25) is 0 Å². The Balaban J connectivity index is 3.21. The molecule has 1 unspecified atom stereocenters. The van der Waals surface area contributed by atoms with Gasteiger partial charge in [-0.05, 0) is 44.9 Å². The lowest BCUT2D eigenvalue weighted by atomic mass is 10.0. The largest absolute Gasteiger partial charge is 0.481 e. The molecule has 0 rings (SSSR count). The molecule has 0 aliphatic carbocycles. The van der Waals surface area contributed by atoms with E-state index in [9.17, 15) is 9.90 Å². The van der Waals surface area contributed by atoms with Crippen molar-refractivity contribution in [2.45, 2.75) is 122 Å². The summed E-state index contributed by atoms with van der Waals surface area (Å²) in [5, 5.41) is 18.0. The van der Waals surface area contributed by atoms with Crippen LogP contribution in [0.15, 0.2) is 37.0 Å². The van der Waals surface area contributed by atoms with Crippen LogP contribution in [-0.2, 0) is 4.79 Å². The second-order valence-corrected chi connectivity index (χ2v) is 8.09. The predicted molar refractivity (Wildman–Crippen MR) is 125 cm³/mol. The normalized spacial score (nSPS) is 12.7. The van der Waals surface area contributed by atoms with Crippen LogP contribution in [0.25, 0.3) is 0 Å². The van der Waals surface area contributed by atoms with Crippen molar-refractivity contribution in [3.63, 3.8) is 0 Å². The summed E-state index contributed by atoms with van der Waals surface area (Å²) in [5.74, 6) is -0.676. The Morgan fingerprint density at radius 3 is 1.62 bits per heavy atom. The van der Waals surface area contributed by atoms with Crippen LogP contribution in [0.3, 0.4) is 0 Å². The molecule has 0 spiro atoms. The number of carboxylic acids is 1. The van der Waals surface area contributed by atoms with E-state index in [0.29, 0.717) is 6.42 Å². The van der Waals surface area contributed by atoms with Crippen molar-refractivity contribution >= 4 is 5.97 Å². The zero-order valence-corrected chi connectivity index (χ0v) is 18.7. The molecule has 3 nitrogen and oxygen atoms in total. The average Bonchev–Trinajstić information content (AvgIpc) is 2.71. The van der Waals surface area contributed by atoms with Gasteiger partial charge in [0.15, 0.2) is 0 Å². The molecule has 3 heteroatoms. The van der Waals surface area contributed by atoms with Crippen LogP contribution < -0.4 is 0 Å². The summed E-state index contributed by atoms with van der Waals surface area (Å²) in [6, 6.07) is 0. The van der Waals surface area contributed by atoms with E-state index < -0.39 is 5.97 Å². The Labute approximate surface area is 180 Å². The van der Waals surface area contributed by atoms with Crippen molar-refractivity contribution in [3.8, 4) is 0 Å². The van der Waals surface area contributed by atoms with Crippen LogP contribution in [0.4, 0.5) is 0 Å². The van der Waals surface area contributed by atoms with Crippen molar-refractivity contribution < 1.29 is 15.0 Å². The maximum Gasteiger partial charge on any atom is 0.303 e. The quantitative estimate of drug-likeness (QED) is 0.143. The van der Waals surface area contributed by atoms with Crippen molar-refractivity contribution in [1.29, 1.82) is 0 Å². The molecule has 0 aliphatic heterocycles. The molecular formula is C26H46O3. The maximum absolute atomic E-state index is 10.4. The number of carbonyl (C=O) groups is 1. The molecule has 168 valence electrons. The molecular weight excluding hydrogens is 360 g/mol. The van der Waals surface area contributed by atoms with Gasteiger partial charge in [-0.1, -0.05) is 94.6 Å². The van der Waals surface area contributed by atoms with Crippen LogP contribution in [0.5, 0.6) is 0 Å². The van der Waals surface area contributed by atoms with Gasteiger partial charge in [-0.3, -0.25) is 4.79 Å². The average molecular weight is 407 g/mol. The number of allylic oxidation sites excluding steroid dienone is 4. The maximum atomic E-state index is 10.4. The lowest BCUT2D eigenvalue weighted by molar-refractivity contribution is -0.137. The molecule has 0 saturated carbocycles. The molecule has 0 aromatic heterocycles. The molecule has 0 radical (unpaired) electrons. The molecule has 2 N–H and O–H groups in total. The Morgan fingerprint density at radius 2 is 1.14 bits per heavy atom. The predicted octanol–water partition coefficient (Wildman–Crippen LogP) is 7.75. The van der Waals surface area contributed by atoms with Crippen LogP contribution in [0, 0.1) is 0 Å². The molecule has 0 aromatic carbocycles. The molecule has 0 saturated heterocycles. The minimum absolute atomic E-state index is 0.313. The zero-order valence-electron chi connectivity index (χ0n) is 18.7. The topological polar surface area (TPSA) is 57.5 Å². The van der Waals surface area contributed by atoms with Crippen LogP contribution in [-0.4, -0.2) is 22.3 Å². The highest BCUT2D eigenvalue weighted by Gasteiger charge is 1.98.